The number of rotatable bonds is 4. The molecule has 0 atom stereocenters. The third-order valence-corrected chi connectivity index (χ3v) is 2.08. The molecule has 0 heterocycles. The molecule has 92 valence electrons. The van der Waals surface area contributed by atoms with Crippen molar-refractivity contribution in [1.82, 2.24) is 0 Å². The summed E-state index contributed by atoms with van der Waals surface area (Å²) in [5.74, 6) is -0.232. The molecule has 0 aliphatic rings. The minimum absolute atomic E-state index is 0.290. The van der Waals surface area contributed by atoms with Crippen molar-refractivity contribution in [3.8, 4) is 11.5 Å². The highest BCUT2D eigenvalue weighted by molar-refractivity contribution is 5.74. The van der Waals surface area contributed by atoms with Crippen molar-refractivity contribution >= 4 is 11.9 Å². The van der Waals surface area contributed by atoms with Crippen LogP contribution in [0.3, 0.4) is 0 Å². The Balaban J connectivity index is 3.13. The van der Waals surface area contributed by atoms with Crippen molar-refractivity contribution < 1.29 is 19.1 Å². The van der Waals surface area contributed by atoms with E-state index in [9.17, 15) is 9.59 Å². The molecule has 0 N–H and O–H groups in total. The lowest BCUT2D eigenvalue weighted by Crippen LogP contribution is -2.09. The Kier molecular flexibility index (Phi) is 4.69. The van der Waals surface area contributed by atoms with Crippen LogP contribution in [0.5, 0.6) is 11.5 Å². The van der Waals surface area contributed by atoms with Gasteiger partial charge in [-0.25, -0.2) is 0 Å². The highest BCUT2D eigenvalue weighted by Gasteiger charge is 2.14. The minimum atomic E-state index is -0.438. The molecule has 0 spiro atoms. The summed E-state index contributed by atoms with van der Waals surface area (Å²) in [4.78, 5) is 22.0. The molecule has 0 aromatic heterocycles. The maximum atomic E-state index is 11.0. The van der Waals surface area contributed by atoms with Gasteiger partial charge in [0.15, 0.2) is 11.5 Å². The fraction of sp³-hybridized carbons (Fsp3) is 0.385. The Morgan fingerprint density at radius 3 is 2.29 bits per heavy atom. The van der Waals surface area contributed by atoms with Crippen LogP contribution in [0, 0.1) is 0 Å². The van der Waals surface area contributed by atoms with Gasteiger partial charge in [-0.05, 0) is 18.1 Å². The zero-order valence-corrected chi connectivity index (χ0v) is 10.3. The highest BCUT2D eigenvalue weighted by atomic mass is 16.6. The number of benzene rings is 1. The molecule has 0 radical (unpaired) electrons. The van der Waals surface area contributed by atoms with E-state index in [0.29, 0.717) is 11.5 Å². The maximum absolute atomic E-state index is 11.0. The summed E-state index contributed by atoms with van der Waals surface area (Å²) in [6.07, 6.45) is 1.68. The second-order valence-electron chi connectivity index (χ2n) is 3.68. The first-order valence-electron chi connectivity index (χ1n) is 5.53. The molecule has 1 aromatic rings. The monoisotopic (exact) mass is 236 g/mol. The Bertz CT molecular complexity index is 423. The molecule has 4 heteroatoms. The summed E-state index contributed by atoms with van der Waals surface area (Å²) in [7, 11) is 0. The lowest BCUT2D eigenvalue weighted by molar-refractivity contribution is -0.134. The Morgan fingerprint density at radius 1 is 1.12 bits per heavy atom. The van der Waals surface area contributed by atoms with Crippen LogP contribution < -0.4 is 9.47 Å². The van der Waals surface area contributed by atoms with E-state index >= 15 is 0 Å². The molecule has 17 heavy (non-hydrogen) atoms. The number of hydrogen-bond donors (Lipinski definition) is 0. The first-order valence-corrected chi connectivity index (χ1v) is 5.53. The van der Waals surface area contributed by atoms with Gasteiger partial charge in [-0.3, -0.25) is 9.59 Å². The van der Waals surface area contributed by atoms with E-state index in [-0.39, 0.29) is 0 Å². The summed E-state index contributed by atoms with van der Waals surface area (Å²) >= 11 is 0. The van der Waals surface area contributed by atoms with Crippen LogP contribution in [-0.2, 0) is 16.0 Å². The van der Waals surface area contributed by atoms with Crippen molar-refractivity contribution in [1.29, 1.82) is 0 Å². The molecular weight excluding hydrogens is 220 g/mol. The van der Waals surface area contributed by atoms with E-state index < -0.39 is 11.9 Å². The van der Waals surface area contributed by atoms with Gasteiger partial charge >= 0.3 is 11.9 Å². The SMILES string of the molecule is CCCc1cccc(OC(C)=O)c1OC(C)=O. The fourth-order valence-electron chi connectivity index (χ4n) is 1.52. The van der Waals surface area contributed by atoms with E-state index in [2.05, 4.69) is 0 Å². The van der Waals surface area contributed by atoms with E-state index in [0.717, 1.165) is 18.4 Å². The molecule has 4 nitrogen and oxygen atoms in total. The number of hydrogen-bond acceptors (Lipinski definition) is 4. The summed E-state index contributed by atoms with van der Waals surface area (Å²) in [6, 6.07) is 5.24. The van der Waals surface area contributed by atoms with Crippen LogP contribution >= 0.6 is 0 Å². The predicted molar refractivity (Wildman–Crippen MR) is 63.1 cm³/mol. The van der Waals surface area contributed by atoms with Crippen molar-refractivity contribution in [2.75, 3.05) is 0 Å². The van der Waals surface area contributed by atoms with E-state index in [4.69, 9.17) is 9.47 Å². The van der Waals surface area contributed by atoms with Crippen LogP contribution in [0.4, 0.5) is 0 Å². The van der Waals surface area contributed by atoms with Gasteiger partial charge in [-0.15, -0.1) is 0 Å². The van der Waals surface area contributed by atoms with Crippen LogP contribution in [0.1, 0.15) is 32.8 Å². The average molecular weight is 236 g/mol. The van der Waals surface area contributed by atoms with Crippen LogP contribution in [-0.4, -0.2) is 11.9 Å². The predicted octanol–water partition coefficient (Wildman–Crippen LogP) is 2.49. The standard InChI is InChI=1S/C13H16O4/c1-4-6-11-7-5-8-12(16-9(2)14)13(11)17-10(3)15/h5,7-8H,4,6H2,1-3H3. The minimum Gasteiger partial charge on any atom is -0.423 e. The van der Waals surface area contributed by atoms with Gasteiger partial charge in [-0.1, -0.05) is 25.5 Å². The average Bonchev–Trinajstić information content (AvgIpc) is 2.21. The first-order chi connectivity index (χ1) is 8.04. The second-order valence-corrected chi connectivity index (χ2v) is 3.68. The number of carbonyl (C=O) groups excluding carboxylic acids is 2. The highest BCUT2D eigenvalue weighted by Crippen LogP contribution is 2.32. The van der Waals surface area contributed by atoms with E-state index in [1.807, 2.05) is 13.0 Å². The lowest BCUT2D eigenvalue weighted by Gasteiger charge is -2.12. The van der Waals surface area contributed by atoms with Crippen molar-refractivity contribution in [2.24, 2.45) is 0 Å². The number of ether oxygens (including phenoxy) is 2. The molecule has 0 saturated heterocycles. The fourth-order valence-corrected chi connectivity index (χ4v) is 1.52. The quantitative estimate of drug-likeness (QED) is 0.595. The number of aryl methyl sites for hydroxylation is 1. The van der Waals surface area contributed by atoms with Gasteiger partial charge in [0.2, 0.25) is 0 Å². The molecule has 0 unspecified atom stereocenters. The Hall–Kier alpha value is -1.84. The lowest BCUT2D eigenvalue weighted by atomic mass is 10.1. The maximum Gasteiger partial charge on any atom is 0.308 e. The topological polar surface area (TPSA) is 52.6 Å². The summed E-state index contributed by atoms with van der Waals surface area (Å²) in [5, 5.41) is 0. The van der Waals surface area contributed by atoms with Gasteiger partial charge in [0.05, 0.1) is 0 Å². The van der Waals surface area contributed by atoms with Crippen molar-refractivity contribution in [2.45, 2.75) is 33.6 Å². The molecule has 0 bridgehead atoms. The third kappa shape index (κ3) is 3.90. The summed E-state index contributed by atoms with van der Waals surface area (Å²) < 4.78 is 10.1. The smallest absolute Gasteiger partial charge is 0.308 e. The largest absolute Gasteiger partial charge is 0.423 e. The molecule has 1 rings (SSSR count). The molecule has 0 aliphatic carbocycles. The zero-order chi connectivity index (χ0) is 12.8. The van der Waals surface area contributed by atoms with E-state index in [1.165, 1.54) is 13.8 Å². The molecule has 0 aliphatic heterocycles. The summed E-state index contributed by atoms with van der Waals surface area (Å²) in [5.41, 5.74) is 0.862. The van der Waals surface area contributed by atoms with Crippen LogP contribution in [0.15, 0.2) is 18.2 Å². The van der Waals surface area contributed by atoms with Crippen LogP contribution in [0.25, 0.3) is 0 Å². The zero-order valence-electron chi connectivity index (χ0n) is 10.3. The number of carbonyl (C=O) groups is 2. The third-order valence-electron chi connectivity index (χ3n) is 2.08. The molecule has 0 amide bonds. The molecule has 1 aromatic carbocycles. The second kappa shape index (κ2) is 6.03. The summed E-state index contributed by atoms with van der Waals surface area (Å²) in [6.45, 7) is 4.65. The van der Waals surface area contributed by atoms with Gasteiger partial charge in [-0.2, -0.15) is 0 Å². The van der Waals surface area contributed by atoms with Gasteiger partial charge < -0.3 is 9.47 Å². The van der Waals surface area contributed by atoms with Crippen molar-refractivity contribution in [3.63, 3.8) is 0 Å². The number of esters is 2. The molecular formula is C13H16O4. The Labute approximate surface area is 101 Å². The van der Waals surface area contributed by atoms with Crippen LogP contribution in [0.2, 0.25) is 0 Å². The van der Waals surface area contributed by atoms with Gasteiger partial charge in [0, 0.05) is 13.8 Å². The van der Waals surface area contributed by atoms with Crippen molar-refractivity contribution in [3.05, 3.63) is 23.8 Å². The first kappa shape index (κ1) is 13.2. The van der Waals surface area contributed by atoms with Gasteiger partial charge in [0.1, 0.15) is 0 Å². The number of para-hydroxylation sites is 1. The molecule has 0 fully saturated rings. The van der Waals surface area contributed by atoms with E-state index in [1.54, 1.807) is 12.1 Å². The molecule has 0 saturated carbocycles. The normalized spacial score (nSPS) is 9.82. The van der Waals surface area contributed by atoms with Gasteiger partial charge in [0.25, 0.3) is 0 Å². The Morgan fingerprint density at radius 2 is 1.76 bits per heavy atom.